The lowest BCUT2D eigenvalue weighted by Crippen LogP contribution is -2.28. The van der Waals surface area contributed by atoms with Crippen LogP contribution < -0.4 is 15.8 Å². The highest BCUT2D eigenvalue weighted by Gasteiger charge is 2.28. The SMILES string of the molecule is CCCc1cc(CC)cc(C(Nc2ccc(C(=N)N)cc2)C(=O)O)c1OC1CCOCC1. The van der Waals surface area contributed by atoms with Crippen LogP contribution in [0.3, 0.4) is 0 Å². The van der Waals surface area contributed by atoms with Crippen molar-refractivity contribution in [3.05, 3.63) is 58.7 Å². The van der Waals surface area contributed by atoms with E-state index in [1.54, 1.807) is 24.3 Å². The summed E-state index contributed by atoms with van der Waals surface area (Å²) >= 11 is 0. The molecule has 0 radical (unpaired) electrons. The van der Waals surface area contributed by atoms with Gasteiger partial charge in [0, 0.05) is 29.7 Å². The number of carboxylic acids is 1. The molecule has 0 bridgehead atoms. The van der Waals surface area contributed by atoms with E-state index in [4.69, 9.17) is 20.6 Å². The zero-order chi connectivity index (χ0) is 23.1. The Morgan fingerprint density at radius 2 is 1.94 bits per heavy atom. The number of hydrogen-bond acceptors (Lipinski definition) is 5. The third kappa shape index (κ3) is 5.79. The summed E-state index contributed by atoms with van der Waals surface area (Å²) in [6.45, 7) is 5.48. The Bertz CT molecular complexity index is 937. The molecular weight excluding hydrogens is 406 g/mol. The quantitative estimate of drug-likeness (QED) is 0.324. The Hall–Kier alpha value is -3.06. The summed E-state index contributed by atoms with van der Waals surface area (Å²) in [7, 11) is 0. The fraction of sp³-hybridized carbons (Fsp3) is 0.440. The monoisotopic (exact) mass is 439 g/mol. The summed E-state index contributed by atoms with van der Waals surface area (Å²) in [4.78, 5) is 12.4. The van der Waals surface area contributed by atoms with E-state index < -0.39 is 12.0 Å². The van der Waals surface area contributed by atoms with E-state index in [1.165, 1.54) is 0 Å². The number of aryl methyl sites for hydroxylation is 2. The molecule has 0 aromatic heterocycles. The first-order chi connectivity index (χ1) is 15.4. The van der Waals surface area contributed by atoms with Crippen LogP contribution in [0.25, 0.3) is 0 Å². The molecule has 1 atom stereocenters. The lowest BCUT2D eigenvalue weighted by atomic mass is 9.94. The minimum Gasteiger partial charge on any atom is -0.490 e. The normalized spacial score (nSPS) is 15.2. The van der Waals surface area contributed by atoms with E-state index in [9.17, 15) is 9.90 Å². The number of rotatable bonds is 10. The molecule has 2 aromatic rings. The number of amidine groups is 1. The summed E-state index contributed by atoms with van der Waals surface area (Å²) < 4.78 is 11.9. The lowest BCUT2D eigenvalue weighted by molar-refractivity contribution is -0.138. The molecule has 1 unspecified atom stereocenters. The summed E-state index contributed by atoms with van der Waals surface area (Å²) in [6.07, 6.45) is 4.15. The maximum absolute atomic E-state index is 12.4. The van der Waals surface area contributed by atoms with Gasteiger partial charge in [-0.3, -0.25) is 5.41 Å². The predicted octanol–water partition coefficient (Wildman–Crippen LogP) is 4.28. The number of hydrogen-bond donors (Lipinski definition) is 4. The van der Waals surface area contributed by atoms with E-state index in [0.29, 0.717) is 35.8 Å². The first-order valence-corrected chi connectivity index (χ1v) is 11.3. The van der Waals surface area contributed by atoms with Gasteiger partial charge in [0.15, 0.2) is 6.04 Å². The van der Waals surface area contributed by atoms with Gasteiger partial charge in [0.25, 0.3) is 0 Å². The average molecular weight is 440 g/mol. The number of ether oxygens (including phenoxy) is 2. The maximum atomic E-state index is 12.4. The Morgan fingerprint density at radius 3 is 2.50 bits per heavy atom. The maximum Gasteiger partial charge on any atom is 0.330 e. The molecule has 7 heteroatoms. The van der Waals surface area contributed by atoms with Gasteiger partial charge in [-0.05, 0) is 54.3 Å². The first-order valence-electron chi connectivity index (χ1n) is 11.3. The van der Waals surface area contributed by atoms with E-state index in [2.05, 4.69) is 25.2 Å². The molecule has 7 nitrogen and oxygen atoms in total. The summed E-state index contributed by atoms with van der Waals surface area (Å²) in [5.41, 5.74) is 9.53. The van der Waals surface area contributed by atoms with Crippen molar-refractivity contribution in [3.8, 4) is 5.75 Å². The van der Waals surface area contributed by atoms with Crippen molar-refractivity contribution in [1.82, 2.24) is 0 Å². The van der Waals surface area contributed by atoms with Crippen molar-refractivity contribution in [2.24, 2.45) is 5.73 Å². The van der Waals surface area contributed by atoms with E-state index in [-0.39, 0.29) is 11.9 Å². The van der Waals surface area contributed by atoms with E-state index in [1.807, 2.05) is 6.07 Å². The number of anilines is 1. The number of nitrogens with two attached hydrogens (primary N) is 1. The number of benzene rings is 2. The van der Waals surface area contributed by atoms with Gasteiger partial charge in [0.1, 0.15) is 17.7 Å². The predicted molar refractivity (Wildman–Crippen MR) is 126 cm³/mol. The Labute approximate surface area is 189 Å². The lowest BCUT2D eigenvalue weighted by Gasteiger charge is -2.28. The fourth-order valence-electron chi connectivity index (χ4n) is 3.94. The molecule has 0 amide bonds. The van der Waals surface area contributed by atoms with E-state index >= 15 is 0 Å². The highest BCUT2D eigenvalue weighted by atomic mass is 16.5. The summed E-state index contributed by atoms with van der Waals surface area (Å²) in [5, 5.41) is 20.8. The van der Waals surface area contributed by atoms with Gasteiger partial charge in [-0.2, -0.15) is 0 Å². The van der Waals surface area contributed by atoms with Crippen molar-refractivity contribution < 1.29 is 19.4 Å². The third-order valence-electron chi connectivity index (χ3n) is 5.70. The molecular formula is C25H33N3O4. The van der Waals surface area contributed by atoms with Crippen LogP contribution >= 0.6 is 0 Å². The van der Waals surface area contributed by atoms with Crippen molar-refractivity contribution in [2.45, 2.75) is 58.1 Å². The minimum absolute atomic E-state index is 0.00915. The second-order valence-electron chi connectivity index (χ2n) is 8.11. The van der Waals surface area contributed by atoms with Gasteiger partial charge in [0.2, 0.25) is 0 Å². The number of aliphatic carboxylic acids is 1. The van der Waals surface area contributed by atoms with Crippen LogP contribution in [0.1, 0.15) is 61.4 Å². The van der Waals surface area contributed by atoms with Gasteiger partial charge in [-0.25, -0.2) is 4.79 Å². The molecule has 1 aliphatic heterocycles. The average Bonchev–Trinajstić information content (AvgIpc) is 2.79. The minimum atomic E-state index is -0.979. The number of nitrogen functional groups attached to an aromatic ring is 1. The molecule has 32 heavy (non-hydrogen) atoms. The first kappa shape index (κ1) is 23.6. The van der Waals surface area contributed by atoms with Crippen LogP contribution in [0, 0.1) is 5.41 Å². The molecule has 1 saturated heterocycles. The molecule has 0 spiro atoms. The third-order valence-corrected chi connectivity index (χ3v) is 5.70. The van der Waals surface area contributed by atoms with Crippen molar-refractivity contribution in [3.63, 3.8) is 0 Å². The van der Waals surface area contributed by atoms with Crippen molar-refractivity contribution >= 4 is 17.5 Å². The van der Waals surface area contributed by atoms with Crippen LogP contribution in [0.5, 0.6) is 5.75 Å². The molecule has 0 saturated carbocycles. The van der Waals surface area contributed by atoms with Crippen LogP contribution in [0.2, 0.25) is 0 Å². The van der Waals surface area contributed by atoms with Crippen LogP contribution in [0.15, 0.2) is 36.4 Å². The molecule has 1 fully saturated rings. The molecule has 3 rings (SSSR count). The van der Waals surface area contributed by atoms with Crippen LogP contribution in [-0.2, 0) is 22.4 Å². The second-order valence-corrected chi connectivity index (χ2v) is 8.11. The van der Waals surface area contributed by atoms with Crippen LogP contribution in [-0.4, -0.2) is 36.2 Å². The number of carbonyl (C=O) groups is 1. The Kier molecular flexibility index (Phi) is 8.11. The number of carboxylic acid groups (broad SMARTS) is 1. The standard InChI is InChI=1S/C25H33N3O4/c1-3-5-18-14-16(4-2)15-21(23(18)32-20-10-12-31-13-11-20)22(25(29)30)28-19-8-6-17(7-9-19)24(26)27/h6-9,14-15,20,22,28H,3-5,10-13H2,1-2H3,(H3,26,27)(H,29,30). The van der Waals surface area contributed by atoms with Gasteiger partial charge < -0.3 is 25.6 Å². The van der Waals surface area contributed by atoms with Gasteiger partial charge in [0.05, 0.1) is 13.2 Å². The largest absolute Gasteiger partial charge is 0.490 e. The van der Waals surface area contributed by atoms with Crippen molar-refractivity contribution in [1.29, 1.82) is 5.41 Å². The summed E-state index contributed by atoms with van der Waals surface area (Å²) in [6, 6.07) is 9.99. The Balaban J connectivity index is 2.02. The molecule has 0 aliphatic carbocycles. The zero-order valence-electron chi connectivity index (χ0n) is 18.8. The fourth-order valence-corrected chi connectivity index (χ4v) is 3.94. The topological polar surface area (TPSA) is 118 Å². The zero-order valence-corrected chi connectivity index (χ0v) is 18.8. The second kappa shape index (κ2) is 11.0. The van der Waals surface area contributed by atoms with Crippen LogP contribution in [0.4, 0.5) is 5.69 Å². The molecule has 5 N–H and O–H groups in total. The molecule has 172 valence electrons. The Morgan fingerprint density at radius 1 is 1.25 bits per heavy atom. The number of nitrogens with one attached hydrogen (secondary N) is 2. The van der Waals surface area contributed by atoms with Gasteiger partial charge >= 0.3 is 5.97 Å². The smallest absolute Gasteiger partial charge is 0.330 e. The highest BCUT2D eigenvalue weighted by Crippen LogP contribution is 2.36. The molecule has 1 aliphatic rings. The summed E-state index contributed by atoms with van der Waals surface area (Å²) in [5.74, 6) is -0.331. The van der Waals surface area contributed by atoms with E-state index in [0.717, 1.165) is 43.2 Å². The highest BCUT2D eigenvalue weighted by molar-refractivity contribution is 5.95. The molecule has 2 aromatic carbocycles. The van der Waals surface area contributed by atoms with Gasteiger partial charge in [-0.1, -0.05) is 26.3 Å². The van der Waals surface area contributed by atoms with Crippen molar-refractivity contribution in [2.75, 3.05) is 18.5 Å². The molecule has 1 heterocycles. The van der Waals surface area contributed by atoms with Gasteiger partial charge in [-0.15, -0.1) is 0 Å².